The van der Waals surface area contributed by atoms with Crippen molar-refractivity contribution in [3.63, 3.8) is 0 Å². The lowest BCUT2D eigenvalue weighted by atomic mass is 10.0. The number of hydrogen-bond donors (Lipinski definition) is 2. The van der Waals surface area contributed by atoms with Crippen LogP contribution >= 0.6 is 0 Å². The van der Waals surface area contributed by atoms with Crippen molar-refractivity contribution in [3.8, 4) is 11.5 Å². The maximum absolute atomic E-state index is 13.5. The maximum Gasteiger partial charge on any atom is 0.262 e. The van der Waals surface area contributed by atoms with Gasteiger partial charge in [-0.1, -0.05) is 30.3 Å². The van der Waals surface area contributed by atoms with Crippen molar-refractivity contribution in [2.75, 3.05) is 23.9 Å². The number of carbonyl (C=O) groups is 2. The van der Waals surface area contributed by atoms with Gasteiger partial charge in [-0.2, -0.15) is 0 Å². The molecular weight excluding hydrogens is 394 g/mol. The zero-order valence-electron chi connectivity index (χ0n) is 17.3. The molecule has 0 spiro atoms. The van der Waals surface area contributed by atoms with E-state index in [1.165, 1.54) is 7.11 Å². The van der Waals surface area contributed by atoms with Gasteiger partial charge in [-0.25, -0.2) is 0 Å². The number of primary amides is 1. The van der Waals surface area contributed by atoms with Crippen LogP contribution in [0.5, 0.6) is 11.5 Å². The molecule has 0 saturated heterocycles. The summed E-state index contributed by atoms with van der Waals surface area (Å²) in [6, 6.07) is 20.6. The van der Waals surface area contributed by atoms with E-state index in [0.717, 1.165) is 22.5 Å². The molecular formula is C24H23N3O4. The molecule has 1 heterocycles. The highest BCUT2D eigenvalue weighted by Crippen LogP contribution is 2.39. The van der Waals surface area contributed by atoms with Crippen molar-refractivity contribution in [2.45, 2.75) is 13.1 Å². The number of ether oxygens (including phenoxy) is 2. The Morgan fingerprint density at radius 3 is 2.61 bits per heavy atom. The molecule has 3 aromatic carbocycles. The lowest BCUT2D eigenvalue weighted by Crippen LogP contribution is -2.43. The van der Waals surface area contributed by atoms with Gasteiger partial charge in [0.15, 0.2) is 18.1 Å². The molecule has 0 saturated carbocycles. The van der Waals surface area contributed by atoms with Gasteiger partial charge < -0.3 is 20.5 Å². The zero-order chi connectivity index (χ0) is 22.0. The van der Waals surface area contributed by atoms with Crippen LogP contribution in [0.25, 0.3) is 0 Å². The second kappa shape index (κ2) is 8.39. The third-order valence-electron chi connectivity index (χ3n) is 5.08. The number of benzene rings is 3. The van der Waals surface area contributed by atoms with E-state index in [2.05, 4.69) is 5.32 Å². The molecule has 2 amide bonds. The molecule has 158 valence electrons. The summed E-state index contributed by atoms with van der Waals surface area (Å²) < 4.78 is 10.9. The Morgan fingerprint density at radius 2 is 1.87 bits per heavy atom. The summed E-state index contributed by atoms with van der Waals surface area (Å²) in [5.74, 6) is 0.164. The van der Waals surface area contributed by atoms with Crippen LogP contribution in [-0.4, -0.2) is 25.5 Å². The Hall–Kier alpha value is -4.00. The van der Waals surface area contributed by atoms with E-state index in [1.807, 2.05) is 61.5 Å². The highest BCUT2D eigenvalue weighted by Gasteiger charge is 2.34. The molecule has 0 bridgehead atoms. The quantitative estimate of drug-likeness (QED) is 0.639. The molecule has 0 fully saturated rings. The predicted octanol–water partition coefficient (Wildman–Crippen LogP) is 3.64. The molecule has 1 aliphatic rings. The summed E-state index contributed by atoms with van der Waals surface area (Å²) in [6.07, 6.45) is -0.469. The average molecular weight is 417 g/mol. The first-order chi connectivity index (χ1) is 15.0. The van der Waals surface area contributed by atoms with Crippen molar-refractivity contribution >= 4 is 23.2 Å². The molecule has 4 rings (SSSR count). The Bertz CT molecular complexity index is 1150. The number of nitrogens with zero attached hydrogens (tertiary/aromatic N) is 1. The van der Waals surface area contributed by atoms with Gasteiger partial charge in [-0.3, -0.25) is 14.5 Å². The van der Waals surface area contributed by atoms with Crippen LogP contribution in [0.4, 0.5) is 11.4 Å². The van der Waals surface area contributed by atoms with Crippen LogP contribution in [0.1, 0.15) is 27.7 Å². The molecule has 0 radical (unpaired) electrons. The first-order valence-corrected chi connectivity index (χ1v) is 9.83. The summed E-state index contributed by atoms with van der Waals surface area (Å²) in [4.78, 5) is 26.3. The number of hydrogen-bond acceptors (Lipinski definition) is 5. The third-order valence-corrected chi connectivity index (χ3v) is 5.08. The van der Waals surface area contributed by atoms with Crippen LogP contribution in [0.15, 0.2) is 66.7 Å². The molecule has 3 N–H and O–H groups in total. The van der Waals surface area contributed by atoms with E-state index in [-0.39, 0.29) is 12.5 Å². The lowest BCUT2D eigenvalue weighted by Gasteiger charge is -2.38. The van der Waals surface area contributed by atoms with Crippen LogP contribution in [-0.2, 0) is 4.79 Å². The van der Waals surface area contributed by atoms with Gasteiger partial charge in [0.05, 0.1) is 12.7 Å². The molecule has 7 nitrogen and oxygen atoms in total. The number of fused-ring (bicyclic) bond motifs is 1. The van der Waals surface area contributed by atoms with Gasteiger partial charge in [0.1, 0.15) is 6.17 Å². The zero-order valence-corrected chi connectivity index (χ0v) is 17.3. The van der Waals surface area contributed by atoms with Gasteiger partial charge in [-0.05, 0) is 54.4 Å². The number of carbonyl (C=O) groups excluding carboxylic acids is 2. The highest BCUT2D eigenvalue weighted by atomic mass is 16.5. The Morgan fingerprint density at radius 1 is 1.06 bits per heavy atom. The van der Waals surface area contributed by atoms with Gasteiger partial charge in [0.25, 0.3) is 11.8 Å². The largest absolute Gasteiger partial charge is 0.493 e. The fourth-order valence-corrected chi connectivity index (χ4v) is 3.65. The molecule has 3 aromatic rings. The summed E-state index contributed by atoms with van der Waals surface area (Å²) >= 11 is 0. The minimum absolute atomic E-state index is 0.0991. The van der Waals surface area contributed by atoms with Crippen molar-refractivity contribution in [3.05, 3.63) is 83.4 Å². The Labute approximate surface area is 180 Å². The second-order valence-electron chi connectivity index (χ2n) is 7.27. The van der Waals surface area contributed by atoms with E-state index in [9.17, 15) is 9.59 Å². The Kier molecular flexibility index (Phi) is 5.49. The summed E-state index contributed by atoms with van der Waals surface area (Å²) in [5, 5.41) is 3.47. The summed E-state index contributed by atoms with van der Waals surface area (Å²) in [6.45, 7) is 1.74. The van der Waals surface area contributed by atoms with Crippen LogP contribution in [0, 0.1) is 6.92 Å². The lowest BCUT2D eigenvalue weighted by molar-refractivity contribution is -0.119. The van der Waals surface area contributed by atoms with Gasteiger partial charge >= 0.3 is 0 Å². The van der Waals surface area contributed by atoms with Gasteiger partial charge in [-0.15, -0.1) is 0 Å². The number of aryl methyl sites for hydroxylation is 1. The van der Waals surface area contributed by atoms with Crippen LogP contribution < -0.4 is 25.4 Å². The Balaban J connectivity index is 1.79. The van der Waals surface area contributed by atoms with E-state index in [1.54, 1.807) is 17.0 Å². The van der Waals surface area contributed by atoms with Gasteiger partial charge in [0.2, 0.25) is 0 Å². The van der Waals surface area contributed by atoms with Gasteiger partial charge in [0, 0.05) is 11.4 Å². The second-order valence-corrected chi connectivity index (χ2v) is 7.27. The number of nitrogens with two attached hydrogens (primary N) is 1. The summed E-state index contributed by atoms with van der Waals surface area (Å²) in [5.41, 5.74) is 9.17. The van der Waals surface area contributed by atoms with Crippen molar-refractivity contribution in [1.82, 2.24) is 0 Å². The average Bonchev–Trinajstić information content (AvgIpc) is 2.77. The molecule has 1 unspecified atom stereocenters. The number of anilines is 2. The normalized spacial score (nSPS) is 15.1. The number of methoxy groups -OCH3 is 1. The molecule has 0 aliphatic carbocycles. The topological polar surface area (TPSA) is 93.9 Å². The maximum atomic E-state index is 13.5. The first-order valence-electron chi connectivity index (χ1n) is 9.83. The monoisotopic (exact) mass is 417 g/mol. The standard InChI is InChI=1S/C24H23N3O4/c1-15-6-5-7-17(12-15)27-23(26-19-9-4-3-8-18(19)24(27)29)16-10-11-20(21(13-16)30-2)31-14-22(25)28/h3-13,23,26H,14H2,1-2H3,(H2,25,28). The molecule has 1 atom stereocenters. The van der Waals surface area contributed by atoms with E-state index in [4.69, 9.17) is 15.2 Å². The van der Waals surface area contributed by atoms with E-state index >= 15 is 0 Å². The van der Waals surface area contributed by atoms with Crippen molar-refractivity contribution < 1.29 is 19.1 Å². The van der Waals surface area contributed by atoms with Crippen molar-refractivity contribution in [1.29, 1.82) is 0 Å². The molecule has 0 aromatic heterocycles. The summed E-state index contributed by atoms with van der Waals surface area (Å²) in [7, 11) is 1.52. The number of para-hydroxylation sites is 1. The highest BCUT2D eigenvalue weighted by molar-refractivity contribution is 6.12. The molecule has 7 heteroatoms. The number of amides is 2. The molecule has 1 aliphatic heterocycles. The fourth-order valence-electron chi connectivity index (χ4n) is 3.65. The fraction of sp³-hybridized carbons (Fsp3) is 0.167. The SMILES string of the molecule is COc1cc(C2Nc3ccccc3C(=O)N2c2cccc(C)c2)ccc1OCC(N)=O. The number of nitrogens with one attached hydrogen (secondary N) is 1. The molecule has 31 heavy (non-hydrogen) atoms. The smallest absolute Gasteiger partial charge is 0.262 e. The van der Waals surface area contributed by atoms with E-state index in [0.29, 0.717) is 17.1 Å². The van der Waals surface area contributed by atoms with E-state index < -0.39 is 12.1 Å². The predicted molar refractivity (Wildman–Crippen MR) is 118 cm³/mol. The van der Waals surface area contributed by atoms with Crippen LogP contribution in [0.3, 0.4) is 0 Å². The van der Waals surface area contributed by atoms with Crippen molar-refractivity contribution in [2.24, 2.45) is 5.73 Å². The minimum atomic E-state index is -0.576. The number of rotatable bonds is 6. The van der Waals surface area contributed by atoms with Crippen LogP contribution in [0.2, 0.25) is 0 Å². The first kappa shape index (κ1) is 20.3. The third kappa shape index (κ3) is 4.02. The minimum Gasteiger partial charge on any atom is -0.493 e.